The van der Waals surface area contributed by atoms with E-state index in [1.54, 1.807) is 17.0 Å². The number of amides is 1. The third-order valence-electron chi connectivity index (χ3n) is 6.67. The third-order valence-corrected chi connectivity index (χ3v) is 6.67. The van der Waals surface area contributed by atoms with E-state index in [0.717, 1.165) is 24.0 Å². The highest BCUT2D eigenvalue weighted by molar-refractivity contribution is 6.16. The minimum absolute atomic E-state index is 0.0703. The molecule has 4 rings (SSSR count). The maximum absolute atomic E-state index is 13.6. The predicted molar refractivity (Wildman–Crippen MR) is 133 cm³/mol. The van der Waals surface area contributed by atoms with Crippen molar-refractivity contribution in [2.24, 2.45) is 0 Å². The van der Waals surface area contributed by atoms with Crippen LogP contribution in [-0.4, -0.2) is 52.8 Å². The Morgan fingerprint density at radius 2 is 1.76 bits per heavy atom. The summed E-state index contributed by atoms with van der Waals surface area (Å²) in [7, 11) is 0. The van der Waals surface area contributed by atoms with Gasteiger partial charge in [0.25, 0.3) is 5.91 Å². The van der Waals surface area contributed by atoms with Gasteiger partial charge in [-0.05, 0) is 42.3 Å². The lowest BCUT2D eigenvalue weighted by Gasteiger charge is -2.29. The predicted octanol–water partition coefficient (Wildman–Crippen LogP) is 5.48. The fraction of sp³-hybridized carbons (Fsp3) is 0.357. The molecule has 3 aromatic rings. The molecule has 6 nitrogen and oxygen atoms in total. The van der Waals surface area contributed by atoms with E-state index in [1.165, 1.54) is 5.56 Å². The van der Waals surface area contributed by atoms with Crippen molar-refractivity contribution in [1.82, 2.24) is 9.80 Å². The van der Waals surface area contributed by atoms with E-state index in [1.807, 2.05) is 42.5 Å². The molecule has 1 aliphatic rings. The second kappa shape index (κ2) is 9.85. The highest BCUT2D eigenvalue weighted by Crippen LogP contribution is 2.39. The Morgan fingerprint density at radius 3 is 2.38 bits per heavy atom. The molecule has 0 saturated carbocycles. The molecular weight excluding hydrogens is 428 g/mol. The molecule has 2 heterocycles. The van der Waals surface area contributed by atoms with Crippen LogP contribution in [0.2, 0.25) is 0 Å². The van der Waals surface area contributed by atoms with Crippen molar-refractivity contribution in [3.8, 4) is 0 Å². The number of aliphatic hydroxyl groups is 1. The van der Waals surface area contributed by atoms with Crippen molar-refractivity contribution in [2.45, 2.75) is 39.7 Å². The fourth-order valence-electron chi connectivity index (χ4n) is 4.54. The number of benzene rings is 2. The number of nitrogens with zero attached hydrogens (tertiary/aromatic N) is 2. The number of Topliss-reactive ketones (excluding diaryl/α,β-unsaturated/α-hetero) is 1. The van der Waals surface area contributed by atoms with Crippen molar-refractivity contribution >= 4 is 22.7 Å². The van der Waals surface area contributed by atoms with E-state index < -0.39 is 23.5 Å². The topological polar surface area (TPSA) is 74.0 Å². The Kier molecular flexibility index (Phi) is 6.89. The van der Waals surface area contributed by atoms with E-state index in [2.05, 4.69) is 32.6 Å². The zero-order valence-electron chi connectivity index (χ0n) is 20.2. The van der Waals surface area contributed by atoms with Gasteiger partial charge in [0.05, 0.1) is 11.6 Å². The van der Waals surface area contributed by atoms with E-state index in [9.17, 15) is 14.7 Å². The van der Waals surface area contributed by atoms with Crippen molar-refractivity contribution < 1.29 is 19.1 Å². The summed E-state index contributed by atoms with van der Waals surface area (Å²) in [5, 5.41) is 11.7. The van der Waals surface area contributed by atoms with Crippen LogP contribution in [0, 0.1) is 0 Å². The first-order valence-corrected chi connectivity index (χ1v) is 11.9. The summed E-state index contributed by atoms with van der Waals surface area (Å²) in [6.45, 7) is 11.1. The van der Waals surface area contributed by atoms with Crippen LogP contribution in [-0.2, 0) is 4.79 Å². The zero-order chi connectivity index (χ0) is 24.4. The van der Waals surface area contributed by atoms with Crippen LogP contribution in [0.1, 0.15) is 61.3 Å². The highest BCUT2D eigenvalue weighted by Gasteiger charge is 2.44. The number of aliphatic hydroxyl groups excluding tert-OH is 1. The second-order valence-electron chi connectivity index (χ2n) is 8.99. The molecule has 0 aliphatic carbocycles. The largest absolute Gasteiger partial charge is 0.503 e. The van der Waals surface area contributed by atoms with Crippen LogP contribution in [0.5, 0.6) is 0 Å². The highest BCUT2D eigenvalue weighted by atomic mass is 16.3. The van der Waals surface area contributed by atoms with Gasteiger partial charge in [0.2, 0.25) is 5.78 Å². The first-order chi connectivity index (χ1) is 16.3. The van der Waals surface area contributed by atoms with Crippen LogP contribution in [0.4, 0.5) is 0 Å². The lowest BCUT2D eigenvalue weighted by molar-refractivity contribution is -0.129. The van der Waals surface area contributed by atoms with Crippen molar-refractivity contribution in [3.05, 3.63) is 82.8 Å². The van der Waals surface area contributed by atoms with Crippen LogP contribution in [0.3, 0.4) is 0 Å². The lowest BCUT2D eigenvalue weighted by Crippen LogP contribution is -2.38. The van der Waals surface area contributed by atoms with Crippen molar-refractivity contribution in [3.63, 3.8) is 0 Å². The van der Waals surface area contributed by atoms with E-state index in [4.69, 9.17) is 4.42 Å². The zero-order valence-corrected chi connectivity index (χ0v) is 20.2. The first kappa shape index (κ1) is 23.8. The molecule has 2 aromatic carbocycles. The second-order valence-corrected chi connectivity index (χ2v) is 8.99. The van der Waals surface area contributed by atoms with Gasteiger partial charge in [-0.15, -0.1) is 0 Å². The van der Waals surface area contributed by atoms with Crippen molar-refractivity contribution in [2.75, 3.05) is 26.2 Å². The van der Waals surface area contributed by atoms with Gasteiger partial charge in [0, 0.05) is 18.5 Å². The number of para-hydroxylation sites is 1. The number of furan rings is 1. The fourth-order valence-corrected chi connectivity index (χ4v) is 4.54. The summed E-state index contributed by atoms with van der Waals surface area (Å²) in [5.74, 6) is -1.01. The molecular formula is C28H32N2O4. The number of carbonyl (C=O) groups is 2. The molecule has 1 N–H and O–H groups in total. The van der Waals surface area contributed by atoms with Gasteiger partial charge < -0.3 is 19.3 Å². The average molecular weight is 461 g/mol. The lowest BCUT2D eigenvalue weighted by atomic mass is 9.93. The van der Waals surface area contributed by atoms with Gasteiger partial charge in [0.15, 0.2) is 11.5 Å². The van der Waals surface area contributed by atoms with E-state index >= 15 is 0 Å². The number of ketones is 1. The Bertz CT molecular complexity index is 1190. The molecule has 0 saturated heterocycles. The number of rotatable bonds is 9. The molecule has 1 atom stereocenters. The smallest absolute Gasteiger partial charge is 0.290 e. The molecule has 0 bridgehead atoms. The molecule has 6 heteroatoms. The van der Waals surface area contributed by atoms with Crippen LogP contribution in [0.15, 0.2) is 70.3 Å². The van der Waals surface area contributed by atoms with Gasteiger partial charge in [-0.2, -0.15) is 0 Å². The molecule has 34 heavy (non-hydrogen) atoms. The molecule has 1 amide bonds. The summed E-state index contributed by atoms with van der Waals surface area (Å²) < 4.78 is 5.80. The maximum atomic E-state index is 13.6. The van der Waals surface area contributed by atoms with Gasteiger partial charge in [0.1, 0.15) is 5.58 Å². The molecule has 1 aliphatic heterocycles. The van der Waals surface area contributed by atoms with Gasteiger partial charge >= 0.3 is 0 Å². The minimum Gasteiger partial charge on any atom is -0.503 e. The maximum Gasteiger partial charge on any atom is 0.290 e. The summed E-state index contributed by atoms with van der Waals surface area (Å²) in [6, 6.07) is 16.3. The van der Waals surface area contributed by atoms with E-state index in [-0.39, 0.29) is 11.3 Å². The summed E-state index contributed by atoms with van der Waals surface area (Å²) in [5.41, 5.74) is 2.62. The quantitative estimate of drug-likeness (QED) is 0.428. The Morgan fingerprint density at radius 1 is 1.09 bits per heavy atom. The number of carbonyl (C=O) groups excluding carboxylic acids is 2. The van der Waals surface area contributed by atoms with Gasteiger partial charge in [-0.1, -0.05) is 70.2 Å². The normalized spacial score (nSPS) is 16.5. The Balaban J connectivity index is 1.75. The molecule has 0 unspecified atom stereocenters. The molecule has 0 fully saturated rings. The standard InChI is InChI=1S/C28H32N2O4/c1-5-29(6-2)15-16-30-25(20-13-11-19(12-14-20)18(3)4)24(27(32)28(30)33)26(31)23-17-21-9-7-8-10-22(21)34-23/h7-14,17-18,25,32H,5-6,15-16H2,1-4H3/t25-/m1/s1. The summed E-state index contributed by atoms with van der Waals surface area (Å²) >= 11 is 0. The van der Waals surface area contributed by atoms with Crippen LogP contribution in [0.25, 0.3) is 11.0 Å². The summed E-state index contributed by atoms with van der Waals surface area (Å²) in [6.07, 6.45) is 0. The number of fused-ring (bicyclic) bond motifs is 1. The van der Waals surface area contributed by atoms with Gasteiger partial charge in [-0.3, -0.25) is 9.59 Å². The van der Waals surface area contributed by atoms with Crippen LogP contribution < -0.4 is 0 Å². The molecule has 1 aromatic heterocycles. The number of hydrogen-bond acceptors (Lipinski definition) is 5. The van der Waals surface area contributed by atoms with Gasteiger partial charge in [-0.25, -0.2) is 0 Å². The Labute approximate surface area is 200 Å². The SMILES string of the molecule is CCN(CC)CCN1C(=O)C(O)=C(C(=O)c2cc3ccccc3o2)[C@H]1c1ccc(C(C)C)cc1. The van der Waals surface area contributed by atoms with E-state index in [0.29, 0.717) is 24.6 Å². The molecule has 0 radical (unpaired) electrons. The monoisotopic (exact) mass is 460 g/mol. The Hall–Kier alpha value is -3.38. The number of hydrogen-bond donors (Lipinski definition) is 1. The first-order valence-electron chi connectivity index (χ1n) is 11.9. The number of likely N-dealkylation sites (N-methyl/N-ethyl adjacent to an activating group) is 1. The third kappa shape index (κ3) is 4.38. The molecule has 0 spiro atoms. The minimum atomic E-state index is -0.676. The van der Waals surface area contributed by atoms with Crippen molar-refractivity contribution in [1.29, 1.82) is 0 Å². The average Bonchev–Trinajstić information content (AvgIpc) is 3.39. The van der Waals surface area contributed by atoms with Crippen LogP contribution >= 0.6 is 0 Å². The summed E-state index contributed by atoms with van der Waals surface area (Å²) in [4.78, 5) is 30.6. The molecule has 178 valence electrons.